The van der Waals surface area contributed by atoms with Gasteiger partial charge in [0.05, 0.1) is 0 Å². The van der Waals surface area contributed by atoms with Crippen LogP contribution < -0.4 is 0 Å². The average Bonchev–Trinajstić information content (AvgIpc) is 2.46. The molecule has 0 unspecified atom stereocenters. The molecule has 0 aromatic carbocycles. The molecule has 2 aliphatic rings. The van der Waals surface area contributed by atoms with E-state index in [1.165, 1.54) is 16.7 Å². The molecule has 0 heterocycles. The van der Waals surface area contributed by atoms with Gasteiger partial charge >= 0.3 is 0 Å². The van der Waals surface area contributed by atoms with Gasteiger partial charge in [-0.1, -0.05) is 30.4 Å². The Balaban J connectivity index is 2.40. The van der Waals surface area contributed by atoms with E-state index in [1.807, 2.05) is 6.92 Å². The monoisotopic (exact) mass is 156 g/mol. The maximum absolute atomic E-state index is 3.93. The largest absolute Gasteiger partial charge is 0.0955 e. The molecule has 0 aromatic heterocycles. The van der Waals surface area contributed by atoms with Crippen LogP contribution in [0.15, 0.2) is 59.3 Å². The second-order valence-corrected chi connectivity index (χ2v) is 3.28. The van der Waals surface area contributed by atoms with Crippen LogP contribution in [0, 0.1) is 0 Å². The summed E-state index contributed by atoms with van der Waals surface area (Å²) in [5.74, 6) is 0. The molecule has 0 bridgehead atoms. The first kappa shape index (κ1) is 7.35. The lowest BCUT2D eigenvalue weighted by Gasteiger charge is -2.01. The molecular weight excluding hydrogens is 144 g/mol. The molecular formula is C12H12. The van der Waals surface area contributed by atoms with Gasteiger partial charge in [0, 0.05) is 0 Å². The lowest BCUT2D eigenvalue weighted by molar-refractivity contribution is 1.31. The third-order valence-corrected chi connectivity index (χ3v) is 2.22. The van der Waals surface area contributed by atoms with Gasteiger partial charge in [-0.3, -0.25) is 0 Å². The average molecular weight is 156 g/mol. The summed E-state index contributed by atoms with van der Waals surface area (Å²) in [6, 6.07) is 0. The molecule has 0 radical (unpaired) electrons. The van der Waals surface area contributed by atoms with Crippen LogP contribution in [0.3, 0.4) is 0 Å². The van der Waals surface area contributed by atoms with Gasteiger partial charge in [-0.05, 0) is 42.2 Å². The topological polar surface area (TPSA) is 0 Å². The van der Waals surface area contributed by atoms with E-state index in [0.29, 0.717) is 0 Å². The van der Waals surface area contributed by atoms with Crippen LogP contribution in [0.5, 0.6) is 0 Å². The number of hydrogen-bond acceptors (Lipinski definition) is 0. The SMILES string of the molecule is C=C(C)C1=CC2=CCC=CC2=C1. The summed E-state index contributed by atoms with van der Waals surface area (Å²) in [5, 5.41) is 0. The maximum atomic E-state index is 3.93. The molecule has 0 N–H and O–H groups in total. The summed E-state index contributed by atoms with van der Waals surface area (Å²) in [6.07, 6.45) is 12.1. The molecule has 0 spiro atoms. The van der Waals surface area contributed by atoms with Crippen molar-refractivity contribution in [3.05, 3.63) is 59.3 Å². The first-order valence-corrected chi connectivity index (χ1v) is 4.24. The Hall–Kier alpha value is -1.30. The first-order valence-electron chi connectivity index (χ1n) is 4.24. The molecule has 0 saturated carbocycles. The molecule has 12 heavy (non-hydrogen) atoms. The minimum Gasteiger partial charge on any atom is -0.0955 e. The van der Waals surface area contributed by atoms with E-state index in [-0.39, 0.29) is 0 Å². The summed E-state index contributed by atoms with van der Waals surface area (Å²) in [7, 11) is 0. The second-order valence-electron chi connectivity index (χ2n) is 3.28. The Morgan fingerprint density at radius 2 is 2.17 bits per heavy atom. The molecule has 0 saturated heterocycles. The van der Waals surface area contributed by atoms with Crippen molar-refractivity contribution in [3.63, 3.8) is 0 Å². The lowest BCUT2D eigenvalue weighted by Crippen LogP contribution is -1.82. The Bertz CT molecular complexity index is 346. The summed E-state index contributed by atoms with van der Waals surface area (Å²) in [6.45, 7) is 5.98. The zero-order valence-corrected chi connectivity index (χ0v) is 7.30. The molecule has 2 aliphatic carbocycles. The van der Waals surface area contributed by atoms with E-state index in [2.05, 4.69) is 37.0 Å². The van der Waals surface area contributed by atoms with Crippen LogP contribution >= 0.6 is 0 Å². The Morgan fingerprint density at radius 3 is 2.83 bits per heavy atom. The highest BCUT2D eigenvalue weighted by atomic mass is 14.2. The highest BCUT2D eigenvalue weighted by Gasteiger charge is 2.11. The van der Waals surface area contributed by atoms with Crippen molar-refractivity contribution >= 4 is 0 Å². The molecule has 2 rings (SSSR count). The van der Waals surface area contributed by atoms with Crippen LogP contribution in [-0.4, -0.2) is 0 Å². The smallest absolute Gasteiger partial charge is 0.0157 e. The maximum Gasteiger partial charge on any atom is -0.0157 e. The van der Waals surface area contributed by atoms with Crippen molar-refractivity contribution in [1.82, 2.24) is 0 Å². The van der Waals surface area contributed by atoms with E-state index in [9.17, 15) is 0 Å². The van der Waals surface area contributed by atoms with Gasteiger partial charge in [-0.2, -0.15) is 0 Å². The highest BCUT2D eigenvalue weighted by molar-refractivity contribution is 5.63. The molecule has 0 fully saturated rings. The van der Waals surface area contributed by atoms with Gasteiger partial charge < -0.3 is 0 Å². The van der Waals surface area contributed by atoms with Gasteiger partial charge in [0.1, 0.15) is 0 Å². The van der Waals surface area contributed by atoms with E-state index in [0.717, 1.165) is 12.0 Å². The molecule has 0 heteroatoms. The highest BCUT2D eigenvalue weighted by Crippen LogP contribution is 2.30. The fraction of sp³-hybridized carbons (Fsp3) is 0.167. The number of fused-ring (bicyclic) bond motifs is 1. The standard InChI is InChI=1S/C12H12/c1-9(2)12-7-10-5-3-4-6-11(10)8-12/h3,5-8H,1,4H2,2H3. The predicted octanol–water partition coefficient (Wildman–Crippen LogP) is 3.32. The fourth-order valence-electron chi connectivity index (χ4n) is 1.50. The van der Waals surface area contributed by atoms with Crippen LogP contribution in [0.1, 0.15) is 13.3 Å². The van der Waals surface area contributed by atoms with Crippen molar-refractivity contribution in [2.45, 2.75) is 13.3 Å². The quantitative estimate of drug-likeness (QED) is 0.546. The first-order chi connectivity index (χ1) is 5.77. The molecule has 60 valence electrons. The Morgan fingerprint density at radius 1 is 1.33 bits per heavy atom. The van der Waals surface area contributed by atoms with Crippen molar-refractivity contribution in [2.75, 3.05) is 0 Å². The minimum atomic E-state index is 1.06. The van der Waals surface area contributed by atoms with Crippen molar-refractivity contribution < 1.29 is 0 Å². The summed E-state index contributed by atoms with van der Waals surface area (Å²) < 4.78 is 0. The van der Waals surface area contributed by atoms with Gasteiger partial charge in [-0.15, -0.1) is 0 Å². The third-order valence-electron chi connectivity index (χ3n) is 2.22. The number of rotatable bonds is 1. The van der Waals surface area contributed by atoms with Crippen molar-refractivity contribution in [2.24, 2.45) is 0 Å². The van der Waals surface area contributed by atoms with E-state index in [1.54, 1.807) is 0 Å². The fourth-order valence-corrected chi connectivity index (χ4v) is 1.50. The summed E-state index contributed by atoms with van der Waals surface area (Å²) in [5.41, 5.74) is 5.10. The molecule has 0 aliphatic heterocycles. The van der Waals surface area contributed by atoms with E-state index < -0.39 is 0 Å². The minimum absolute atomic E-state index is 1.06. The predicted molar refractivity (Wildman–Crippen MR) is 52.8 cm³/mol. The van der Waals surface area contributed by atoms with E-state index >= 15 is 0 Å². The zero-order valence-electron chi connectivity index (χ0n) is 7.30. The second kappa shape index (κ2) is 2.63. The zero-order chi connectivity index (χ0) is 8.55. The van der Waals surface area contributed by atoms with Gasteiger partial charge in [-0.25, -0.2) is 0 Å². The summed E-state index contributed by atoms with van der Waals surface area (Å²) >= 11 is 0. The molecule has 0 aromatic rings. The molecule has 0 nitrogen and oxygen atoms in total. The van der Waals surface area contributed by atoms with Crippen LogP contribution in [0.25, 0.3) is 0 Å². The lowest BCUT2D eigenvalue weighted by atomic mass is 10.0. The van der Waals surface area contributed by atoms with Crippen LogP contribution in [-0.2, 0) is 0 Å². The molecule has 0 atom stereocenters. The summed E-state index contributed by atoms with van der Waals surface area (Å²) in [4.78, 5) is 0. The third kappa shape index (κ3) is 1.10. The normalized spacial score (nSPS) is 19.6. The van der Waals surface area contributed by atoms with Crippen molar-refractivity contribution in [3.8, 4) is 0 Å². The van der Waals surface area contributed by atoms with Gasteiger partial charge in [0.15, 0.2) is 0 Å². The van der Waals surface area contributed by atoms with Crippen LogP contribution in [0.2, 0.25) is 0 Å². The van der Waals surface area contributed by atoms with Crippen molar-refractivity contribution in [1.29, 1.82) is 0 Å². The van der Waals surface area contributed by atoms with E-state index in [4.69, 9.17) is 0 Å². The number of hydrogen-bond donors (Lipinski definition) is 0. The Kier molecular flexibility index (Phi) is 1.61. The Labute approximate surface area is 73.3 Å². The molecule has 0 amide bonds. The number of allylic oxidation sites excluding steroid dienone is 9. The van der Waals surface area contributed by atoms with Crippen LogP contribution in [0.4, 0.5) is 0 Å². The van der Waals surface area contributed by atoms with Gasteiger partial charge in [0.25, 0.3) is 0 Å². The van der Waals surface area contributed by atoms with Gasteiger partial charge in [0.2, 0.25) is 0 Å².